The molecular formula is C33H37N7O2. The van der Waals surface area contributed by atoms with Crippen LogP contribution < -0.4 is 16.0 Å². The van der Waals surface area contributed by atoms with E-state index in [1.165, 1.54) is 18.1 Å². The van der Waals surface area contributed by atoms with Gasteiger partial charge in [0.15, 0.2) is 5.82 Å². The summed E-state index contributed by atoms with van der Waals surface area (Å²) in [5.74, 6) is 1.31. The average Bonchev–Trinajstić information content (AvgIpc) is 3.02. The maximum Gasteiger partial charge on any atom is 0.239 e. The molecule has 1 aliphatic rings. The molecular weight excluding hydrogens is 526 g/mol. The van der Waals surface area contributed by atoms with E-state index in [0.717, 1.165) is 31.7 Å². The monoisotopic (exact) mass is 563 g/mol. The van der Waals surface area contributed by atoms with Gasteiger partial charge in [-0.2, -0.15) is 0 Å². The summed E-state index contributed by atoms with van der Waals surface area (Å²) in [5.41, 5.74) is 3.39. The topological polar surface area (TPSA) is 102 Å². The van der Waals surface area contributed by atoms with E-state index in [0.29, 0.717) is 30.5 Å². The van der Waals surface area contributed by atoms with E-state index < -0.39 is 0 Å². The van der Waals surface area contributed by atoms with Gasteiger partial charge in [0, 0.05) is 57.8 Å². The molecule has 0 aliphatic carbocycles. The summed E-state index contributed by atoms with van der Waals surface area (Å²) in [6.07, 6.45) is 0. The van der Waals surface area contributed by atoms with Gasteiger partial charge in [-0.15, -0.1) is 0 Å². The average molecular weight is 564 g/mol. The Kier molecular flexibility index (Phi) is 9.87. The second kappa shape index (κ2) is 14.3. The Balaban J connectivity index is 1.22. The Bertz CT molecular complexity index is 1400. The van der Waals surface area contributed by atoms with Crippen molar-refractivity contribution in [2.45, 2.75) is 13.0 Å². The van der Waals surface area contributed by atoms with Gasteiger partial charge < -0.3 is 16.0 Å². The highest BCUT2D eigenvalue weighted by atomic mass is 16.2. The zero-order valence-corrected chi connectivity index (χ0v) is 23.9. The van der Waals surface area contributed by atoms with E-state index >= 15 is 0 Å². The molecule has 0 spiro atoms. The number of anilines is 2. The molecule has 1 saturated heterocycles. The third-order valence-electron chi connectivity index (χ3n) is 7.20. The van der Waals surface area contributed by atoms with E-state index in [4.69, 9.17) is 0 Å². The molecule has 0 saturated carbocycles. The Morgan fingerprint density at radius 3 is 1.93 bits per heavy atom. The lowest BCUT2D eigenvalue weighted by Crippen LogP contribution is -2.49. The van der Waals surface area contributed by atoms with Crippen molar-refractivity contribution in [2.75, 3.05) is 56.4 Å². The maximum absolute atomic E-state index is 13.1. The minimum Gasteiger partial charge on any atom is -0.368 e. The van der Waals surface area contributed by atoms with Gasteiger partial charge in [0.1, 0.15) is 11.6 Å². The van der Waals surface area contributed by atoms with Gasteiger partial charge in [-0.1, -0.05) is 91.0 Å². The van der Waals surface area contributed by atoms with E-state index in [-0.39, 0.29) is 24.4 Å². The zero-order valence-electron chi connectivity index (χ0n) is 23.9. The molecule has 1 fully saturated rings. The van der Waals surface area contributed by atoms with Gasteiger partial charge in [0.2, 0.25) is 11.8 Å². The number of hydrogen-bond donors (Lipinski definition) is 3. The number of carbonyl (C=O) groups is 2. The first-order valence-corrected chi connectivity index (χ1v) is 14.3. The van der Waals surface area contributed by atoms with Crippen LogP contribution in [0.1, 0.15) is 24.1 Å². The molecule has 3 aromatic carbocycles. The highest BCUT2D eigenvalue weighted by Gasteiger charge is 2.27. The Hall–Kier alpha value is -4.60. The molecule has 0 unspecified atom stereocenters. The largest absolute Gasteiger partial charge is 0.368 e. The van der Waals surface area contributed by atoms with Crippen LogP contribution in [0.15, 0.2) is 97.1 Å². The molecule has 216 valence electrons. The van der Waals surface area contributed by atoms with Crippen LogP contribution in [-0.2, 0) is 9.59 Å². The molecule has 1 aromatic heterocycles. The summed E-state index contributed by atoms with van der Waals surface area (Å²) >= 11 is 0. The SMILES string of the molecule is CC(=O)NCCNc1cc(NC(=O)CN2CCN(C(c3ccccc3)c3ccccc3)CC2)nc(-c2ccccc2)n1. The maximum atomic E-state index is 13.1. The van der Waals surface area contributed by atoms with Crippen molar-refractivity contribution in [1.29, 1.82) is 0 Å². The Labute approximate surface area is 247 Å². The number of benzene rings is 3. The van der Waals surface area contributed by atoms with Gasteiger partial charge >= 0.3 is 0 Å². The van der Waals surface area contributed by atoms with Crippen LogP contribution in [-0.4, -0.2) is 77.4 Å². The molecule has 4 aromatic rings. The van der Waals surface area contributed by atoms with E-state index in [9.17, 15) is 9.59 Å². The molecule has 9 nitrogen and oxygen atoms in total. The van der Waals surface area contributed by atoms with Gasteiger partial charge in [0.05, 0.1) is 12.6 Å². The van der Waals surface area contributed by atoms with Crippen molar-refractivity contribution < 1.29 is 9.59 Å². The number of piperazine rings is 1. The minimum absolute atomic E-state index is 0.0890. The highest BCUT2D eigenvalue weighted by Crippen LogP contribution is 2.29. The first-order chi connectivity index (χ1) is 20.5. The summed E-state index contributed by atoms with van der Waals surface area (Å²) in [6, 6.07) is 32.7. The van der Waals surface area contributed by atoms with Crippen molar-refractivity contribution >= 4 is 23.5 Å². The van der Waals surface area contributed by atoms with Gasteiger partial charge in [-0.25, -0.2) is 9.97 Å². The number of aromatic nitrogens is 2. The van der Waals surface area contributed by atoms with Gasteiger partial charge in [0.25, 0.3) is 0 Å². The lowest BCUT2D eigenvalue weighted by Gasteiger charge is -2.39. The highest BCUT2D eigenvalue weighted by molar-refractivity contribution is 5.92. The number of amides is 2. The van der Waals surface area contributed by atoms with Crippen LogP contribution in [0.25, 0.3) is 11.4 Å². The molecule has 2 amide bonds. The van der Waals surface area contributed by atoms with Crippen molar-refractivity contribution in [1.82, 2.24) is 25.1 Å². The van der Waals surface area contributed by atoms with Crippen LogP contribution in [0, 0.1) is 0 Å². The quantitative estimate of drug-likeness (QED) is 0.237. The molecule has 0 radical (unpaired) electrons. The van der Waals surface area contributed by atoms with Crippen LogP contribution in [0.5, 0.6) is 0 Å². The molecule has 9 heteroatoms. The first kappa shape index (κ1) is 28.9. The summed E-state index contributed by atoms with van der Waals surface area (Å²) in [5, 5.41) is 8.95. The second-order valence-electron chi connectivity index (χ2n) is 10.3. The van der Waals surface area contributed by atoms with Gasteiger partial charge in [-0.05, 0) is 11.1 Å². The molecule has 0 atom stereocenters. The van der Waals surface area contributed by atoms with Crippen molar-refractivity contribution in [3.8, 4) is 11.4 Å². The summed E-state index contributed by atoms with van der Waals surface area (Å²) in [6.45, 7) is 6.02. The number of carbonyl (C=O) groups excluding carboxylic acids is 2. The summed E-state index contributed by atoms with van der Waals surface area (Å²) in [7, 11) is 0. The molecule has 0 bridgehead atoms. The zero-order chi connectivity index (χ0) is 29.1. The normalized spacial score (nSPS) is 14.0. The third-order valence-corrected chi connectivity index (χ3v) is 7.20. The van der Waals surface area contributed by atoms with Crippen molar-refractivity contribution in [3.63, 3.8) is 0 Å². The van der Waals surface area contributed by atoms with Crippen LogP contribution in [0.3, 0.4) is 0 Å². The van der Waals surface area contributed by atoms with E-state index in [2.05, 4.69) is 84.2 Å². The first-order valence-electron chi connectivity index (χ1n) is 14.3. The number of rotatable bonds is 11. The molecule has 1 aliphatic heterocycles. The van der Waals surface area contributed by atoms with Gasteiger partial charge in [-0.3, -0.25) is 19.4 Å². The van der Waals surface area contributed by atoms with Crippen LogP contribution >= 0.6 is 0 Å². The van der Waals surface area contributed by atoms with Crippen molar-refractivity contribution in [2.24, 2.45) is 0 Å². The van der Waals surface area contributed by atoms with Crippen molar-refractivity contribution in [3.05, 3.63) is 108 Å². The predicted octanol–water partition coefficient (Wildman–Crippen LogP) is 4.04. The minimum atomic E-state index is -0.118. The predicted molar refractivity (Wildman–Crippen MR) is 166 cm³/mol. The fourth-order valence-corrected chi connectivity index (χ4v) is 5.20. The van der Waals surface area contributed by atoms with Crippen LogP contribution in [0.2, 0.25) is 0 Å². The molecule has 42 heavy (non-hydrogen) atoms. The standard InChI is InChI=1S/C33H37N7O2/c1-25(41)34-17-18-35-29-23-30(38-33(37-29)28-15-9-4-10-16-28)36-31(42)24-39-19-21-40(22-20-39)32(26-11-5-2-6-12-26)27-13-7-3-8-14-27/h2-16,23,32H,17-22,24H2,1H3,(H,34,41)(H2,35,36,37,38,42). The number of nitrogens with zero attached hydrogens (tertiary/aromatic N) is 4. The smallest absolute Gasteiger partial charge is 0.239 e. The fourth-order valence-electron chi connectivity index (χ4n) is 5.20. The Morgan fingerprint density at radius 2 is 1.33 bits per heavy atom. The number of hydrogen-bond acceptors (Lipinski definition) is 7. The Morgan fingerprint density at radius 1 is 0.762 bits per heavy atom. The lowest BCUT2D eigenvalue weighted by molar-refractivity contribution is -0.119. The second-order valence-corrected chi connectivity index (χ2v) is 10.3. The molecule has 2 heterocycles. The molecule has 3 N–H and O–H groups in total. The van der Waals surface area contributed by atoms with E-state index in [1.807, 2.05) is 42.5 Å². The number of nitrogens with one attached hydrogen (secondary N) is 3. The summed E-state index contributed by atoms with van der Waals surface area (Å²) in [4.78, 5) is 38.2. The van der Waals surface area contributed by atoms with E-state index in [1.54, 1.807) is 6.07 Å². The summed E-state index contributed by atoms with van der Waals surface area (Å²) < 4.78 is 0. The molecule has 5 rings (SSSR count). The fraction of sp³-hybridized carbons (Fsp3) is 0.273. The lowest BCUT2D eigenvalue weighted by atomic mass is 9.96. The van der Waals surface area contributed by atoms with Crippen LogP contribution in [0.4, 0.5) is 11.6 Å². The third kappa shape index (κ3) is 7.99.